The van der Waals surface area contributed by atoms with Crippen LogP contribution in [0.5, 0.6) is 0 Å². The van der Waals surface area contributed by atoms with E-state index in [1.165, 1.54) is 0 Å². The predicted octanol–water partition coefficient (Wildman–Crippen LogP) is 4.76. The normalized spacial score (nSPS) is 11.0. The Labute approximate surface area is 131 Å². The zero-order valence-electron chi connectivity index (χ0n) is 10.9. The molecule has 1 heterocycles. The van der Waals surface area contributed by atoms with Gasteiger partial charge >= 0.3 is 5.97 Å². The van der Waals surface area contributed by atoms with Gasteiger partial charge in [-0.05, 0) is 17.7 Å². The van der Waals surface area contributed by atoms with E-state index in [9.17, 15) is 9.90 Å². The van der Waals surface area contributed by atoms with Gasteiger partial charge in [-0.2, -0.15) is 0 Å². The van der Waals surface area contributed by atoms with E-state index in [0.717, 1.165) is 16.6 Å². The number of fused-ring (bicyclic) bond motifs is 1. The van der Waals surface area contributed by atoms with E-state index in [-0.39, 0.29) is 5.69 Å². The smallest absolute Gasteiger partial charge is 0.352 e. The molecule has 0 saturated carbocycles. The third-order valence-corrected chi connectivity index (χ3v) is 4.13. The first-order chi connectivity index (χ1) is 10.1. The van der Waals surface area contributed by atoms with Crippen LogP contribution in [-0.4, -0.2) is 16.1 Å². The Kier molecular flexibility index (Phi) is 3.62. The highest BCUT2D eigenvalue weighted by molar-refractivity contribution is 6.36. The van der Waals surface area contributed by atoms with Crippen LogP contribution in [0.4, 0.5) is 0 Å². The number of rotatable bonds is 3. The largest absolute Gasteiger partial charge is 0.477 e. The molecule has 21 heavy (non-hydrogen) atoms. The minimum Gasteiger partial charge on any atom is -0.477 e. The van der Waals surface area contributed by atoms with Crippen molar-refractivity contribution in [2.45, 2.75) is 6.42 Å². The van der Waals surface area contributed by atoms with E-state index < -0.39 is 5.97 Å². The van der Waals surface area contributed by atoms with E-state index in [0.29, 0.717) is 21.9 Å². The number of carbonyl (C=O) groups is 1. The molecule has 2 N–H and O–H groups in total. The van der Waals surface area contributed by atoms with Gasteiger partial charge in [0.1, 0.15) is 5.69 Å². The Morgan fingerprint density at radius 3 is 2.24 bits per heavy atom. The SMILES string of the molecule is O=C(O)c1[nH]c(Cc2c(Cl)cccc2Cl)c2ccccc12. The summed E-state index contributed by atoms with van der Waals surface area (Å²) in [6.45, 7) is 0. The molecule has 0 unspecified atom stereocenters. The Hall–Kier alpha value is -1.97. The summed E-state index contributed by atoms with van der Waals surface area (Å²) in [6.07, 6.45) is 0.451. The van der Waals surface area contributed by atoms with Crippen LogP contribution in [0.15, 0.2) is 42.5 Å². The fourth-order valence-corrected chi connectivity index (χ4v) is 2.97. The van der Waals surface area contributed by atoms with Crippen molar-refractivity contribution < 1.29 is 9.90 Å². The molecule has 0 aliphatic carbocycles. The highest BCUT2D eigenvalue weighted by atomic mass is 35.5. The first kappa shape index (κ1) is 14.0. The van der Waals surface area contributed by atoms with Crippen molar-refractivity contribution >= 4 is 39.9 Å². The second-order valence-electron chi connectivity index (χ2n) is 4.71. The third-order valence-electron chi connectivity index (χ3n) is 3.43. The number of halogens is 2. The average molecular weight is 320 g/mol. The van der Waals surface area contributed by atoms with Gasteiger partial charge in [0, 0.05) is 32.9 Å². The summed E-state index contributed by atoms with van der Waals surface area (Å²) in [5.41, 5.74) is 1.76. The van der Waals surface area contributed by atoms with Gasteiger partial charge in [0.25, 0.3) is 0 Å². The van der Waals surface area contributed by atoms with Gasteiger partial charge in [0.05, 0.1) is 0 Å². The third kappa shape index (κ3) is 2.50. The van der Waals surface area contributed by atoms with Crippen LogP contribution in [0.3, 0.4) is 0 Å². The van der Waals surface area contributed by atoms with Gasteiger partial charge < -0.3 is 10.1 Å². The summed E-state index contributed by atoms with van der Waals surface area (Å²) in [7, 11) is 0. The molecule has 0 radical (unpaired) electrons. The molecule has 0 bridgehead atoms. The van der Waals surface area contributed by atoms with Crippen LogP contribution in [0.25, 0.3) is 10.8 Å². The number of aromatic nitrogens is 1. The van der Waals surface area contributed by atoms with Crippen molar-refractivity contribution in [2.75, 3.05) is 0 Å². The lowest BCUT2D eigenvalue weighted by Gasteiger charge is -2.06. The molecule has 3 nitrogen and oxygen atoms in total. The lowest BCUT2D eigenvalue weighted by Crippen LogP contribution is -1.98. The van der Waals surface area contributed by atoms with E-state index in [2.05, 4.69) is 4.98 Å². The molecule has 2 aromatic carbocycles. The van der Waals surface area contributed by atoms with Gasteiger partial charge in [-0.15, -0.1) is 0 Å². The Bertz CT molecular complexity index is 819. The molecular weight excluding hydrogens is 309 g/mol. The van der Waals surface area contributed by atoms with Crippen LogP contribution >= 0.6 is 23.2 Å². The van der Waals surface area contributed by atoms with Crippen molar-refractivity contribution in [3.63, 3.8) is 0 Å². The van der Waals surface area contributed by atoms with Crippen molar-refractivity contribution in [1.29, 1.82) is 0 Å². The Morgan fingerprint density at radius 2 is 1.62 bits per heavy atom. The molecule has 0 aliphatic rings. The number of aromatic amines is 1. The van der Waals surface area contributed by atoms with Crippen LogP contribution in [0.1, 0.15) is 21.7 Å². The lowest BCUT2D eigenvalue weighted by atomic mass is 10.1. The lowest BCUT2D eigenvalue weighted by molar-refractivity contribution is 0.0693. The van der Waals surface area contributed by atoms with Gasteiger partial charge in [-0.1, -0.05) is 53.5 Å². The summed E-state index contributed by atoms with van der Waals surface area (Å²) in [5.74, 6) is -0.984. The topological polar surface area (TPSA) is 53.1 Å². The molecule has 106 valence electrons. The Balaban J connectivity index is 2.15. The van der Waals surface area contributed by atoms with Crippen LogP contribution in [0.2, 0.25) is 10.0 Å². The molecule has 3 aromatic rings. The molecule has 0 saturated heterocycles. The quantitative estimate of drug-likeness (QED) is 0.731. The van der Waals surface area contributed by atoms with Crippen molar-refractivity contribution in [1.82, 2.24) is 4.98 Å². The minimum atomic E-state index is -0.984. The summed E-state index contributed by atoms with van der Waals surface area (Å²) in [6, 6.07) is 12.7. The zero-order valence-corrected chi connectivity index (χ0v) is 12.4. The molecule has 0 aliphatic heterocycles. The maximum atomic E-state index is 11.3. The van der Waals surface area contributed by atoms with Crippen LogP contribution in [-0.2, 0) is 6.42 Å². The molecule has 0 amide bonds. The number of carboxylic acids is 1. The molecule has 5 heteroatoms. The van der Waals surface area contributed by atoms with E-state index >= 15 is 0 Å². The fourth-order valence-electron chi connectivity index (χ4n) is 2.44. The molecule has 1 aromatic heterocycles. The van der Waals surface area contributed by atoms with Crippen molar-refractivity contribution in [2.24, 2.45) is 0 Å². The second-order valence-corrected chi connectivity index (χ2v) is 5.52. The van der Waals surface area contributed by atoms with Crippen LogP contribution < -0.4 is 0 Å². The summed E-state index contributed by atoms with van der Waals surface area (Å²) < 4.78 is 0. The van der Waals surface area contributed by atoms with Crippen molar-refractivity contribution in [3.05, 3.63) is 69.5 Å². The van der Waals surface area contributed by atoms with Gasteiger partial charge in [-0.3, -0.25) is 0 Å². The monoisotopic (exact) mass is 319 g/mol. The highest BCUT2D eigenvalue weighted by Gasteiger charge is 2.16. The summed E-state index contributed by atoms with van der Waals surface area (Å²) >= 11 is 12.4. The number of H-pyrrole nitrogens is 1. The Morgan fingerprint density at radius 1 is 1.00 bits per heavy atom. The maximum Gasteiger partial charge on any atom is 0.352 e. The molecular formula is C16H11Cl2NO2. The van der Waals surface area contributed by atoms with Crippen molar-refractivity contribution in [3.8, 4) is 0 Å². The molecule has 3 rings (SSSR count). The molecule has 0 fully saturated rings. The number of carboxylic acid groups (broad SMARTS) is 1. The molecule has 0 atom stereocenters. The summed E-state index contributed by atoms with van der Waals surface area (Å²) in [5, 5.41) is 12.0. The molecule has 0 spiro atoms. The predicted molar refractivity (Wildman–Crippen MR) is 84.5 cm³/mol. The number of hydrogen-bond donors (Lipinski definition) is 2. The first-order valence-electron chi connectivity index (χ1n) is 6.33. The summed E-state index contributed by atoms with van der Waals surface area (Å²) in [4.78, 5) is 14.3. The number of aromatic carboxylic acids is 1. The first-order valence-corrected chi connectivity index (χ1v) is 7.09. The zero-order chi connectivity index (χ0) is 15.0. The average Bonchev–Trinajstić information content (AvgIpc) is 2.82. The van der Waals surface area contributed by atoms with Gasteiger partial charge in [0.2, 0.25) is 0 Å². The van der Waals surface area contributed by atoms with Gasteiger partial charge in [-0.25, -0.2) is 4.79 Å². The highest BCUT2D eigenvalue weighted by Crippen LogP contribution is 2.30. The van der Waals surface area contributed by atoms with Gasteiger partial charge in [0.15, 0.2) is 0 Å². The number of benzene rings is 2. The van der Waals surface area contributed by atoms with E-state index in [1.807, 2.05) is 18.2 Å². The number of hydrogen-bond acceptors (Lipinski definition) is 1. The number of nitrogens with one attached hydrogen (secondary N) is 1. The van der Waals surface area contributed by atoms with E-state index in [1.54, 1.807) is 24.3 Å². The van der Waals surface area contributed by atoms with Crippen LogP contribution in [0, 0.1) is 0 Å². The minimum absolute atomic E-state index is 0.184. The standard InChI is InChI=1S/C16H11Cl2NO2/c17-12-6-3-7-13(18)11(12)8-14-9-4-1-2-5-10(9)15(19-14)16(20)21/h1-7,19H,8H2,(H,20,21). The second kappa shape index (κ2) is 5.43. The fraction of sp³-hybridized carbons (Fsp3) is 0.0625. The van der Waals surface area contributed by atoms with E-state index in [4.69, 9.17) is 23.2 Å². The maximum absolute atomic E-state index is 11.3.